The molecule has 0 bridgehead atoms. The molecular weight excluding hydrogens is 168 g/mol. The zero-order chi connectivity index (χ0) is 7.78. The lowest BCUT2D eigenvalue weighted by Gasteiger charge is -2.31. The van der Waals surface area contributed by atoms with E-state index in [4.69, 9.17) is 15.8 Å². The molecule has 0 aromatic carbocycles. The highest BCUT2D eigenvalue weighted by molar-refractivity contribution is 7.78. The van der Waals surface area contributed by atoms with Crippen LogP contribution in [0.2, 0.25) is 0 Å². The molecule has 60 valence electrons. The van der Waals surface area contributed by atoms with Crippen molar-refractivity contribution < 1.29 is 4.52 Å². The molecule has 0 spiro atoms. The number of hydrogen-bond acceptors (Lipinski definition) is 2. The van der Waals surface area contributed by atoms with Crippen LogP contribution < -0.4 is 0 Å². The first-order valence-electron chi connectivity index (χ1n) is 3.38. The third kappa shape index (κ3) is 1.82. The van der Waals surface area contributed by atoms with E-state index in [2.05, 4.69) is 25.4 Å². The fourth-order valence-corrected chi connectivity index (χ4v) is 3.12. The van der Waals surface area contributed by atoms with Gasteiger partial charge in [0.2, 0.25) is 7.65 Å². The lowest BCUT2D eigenvalue weighted by atomic mass is 10.1. The van der Waals surface area contributed by atoms with Gasteiger partial charge in [0.25, 0.3) is 0 Å². The minimum absolute atomic E-state index is 0.157. The van der Waals surface area contributed by atoms with Crippen LogP contribution in [0.4, 0.5) is 0 Å². The Morgan fingerprint density at radius 2 is 2.10 bits per heavy atom. The summed E-state index contributed by atoms with van der Waals surface area (Å²) in [5.74, 6) is 0. The molecule has 0 radical (unpaired) electrons. The van der Waals surface area contributed by atoms with E-state index >= 15 is 0 Å². The first kappa shape index (κ1) is 8.73. The minimum atomic E-state index is -0.811. The molecule has 2 nitrogen and oxygen atoms in total. The maximum absolute atomic E-state index is 5.93. The smallest absolute Gasteiger partial charge is 0.207 e. The first-order valence-corrected chi connectivity index (χ1v) is 5.50. The lowest BCUT2D eigenvalue weighted by Crippen LogP contribution is -2.34. The van der Waals surface area contributed by atoms with Gasteiger partial charge < -0.3 is 4.52 Å². The highest BCUT2D eigenvalue weighted by Gasteiger charge is 2.33. The number of nitrogens with zero attached hydrogens (tertiary/aromatic N) is 1. The summed E-state index contributed by atoms with van der Waals surface area (Å²) in [5.41, 5.74) is 0.157. The van der Waals surface area contributed by atoms with E-state index in [1.165, 1.54) is 0 Å². The van der Waals surface area contributed by atoms with Gasteiger partial charge in [0.15, 0.2) is 0 Å². The summed E-state index contributed by atoms with van der Waals surface area (Å²) in [7, 11) is -0.811. The Balaban J connectivity index is 2.55. The fraction of sp³-hybridized carbons (Fsp3) is 1.00. The third-order valence-corrected chi connectivity index (χ3v) is 3.88. The van der Waals surface area contributed by atoms with Gasteiger partial charge in [0, 0.05) is 12.1 Å². The molecule has 1 rings (SSSR count). The van der Waals surface area contributed by atoms with Crippen molar-refractivity contribution in [3.63, 3.8) is 0 Å². The van der Waals surface area contributed by atoms with Crippen molar-refractivity contribution in [2.24, 2.45) is 0 Å². The van der Waals surface area contributed by atoms with Crippen LogP contribution in [0.3, 0.4) is 0 Å². The summed E-state index contributed by atoms with van der Waals surface area (Å²) in [4.78, 5) is 0. The van der Waals surface area contributed by atoms with Crippen molar-refractivity contribution in [1.82, 2.24) is 4.67 Å². The molecule has 1 aliphatic heterocycles. The largest absolute Gasteiger partial charge is 0.330 e. The van der Waals surface area contributed by atoms with Crippen molar-refractivity contribution in [2.75, 3.05) is 13.2 Å². The third-order valence-electron chi connectivity index (χ3n) is 1.47. The molecule has 0 amide bonds. The van der Waals surface area contributed by atoms with Gasteiger partial charge in [-0.15, -0.1) is 0 Å². The first-order chi connectivity index (χ1) is 4.52. The van der Waals surface area contributed by atoms with Crippen molar-refractivity contribution in [2.45, 2.75) is 26.3 Å². The topological polar surface area (TPSA) is 12.5 Å². The van der Waals surface area contributed by atoms with E-state index in [1.807, 2.05) is 0 Å². The maximum Gasteiger partial charge on any atom is 0.207 e. The van der Waals surface area contributed by atoms with Gasteiger partial charge >= 0.3 is 0 Å². The number of rotatable bonds is 0. The maximum atomic E-state index is 5.93. The number of halogens is 1. The highest BCUT2D eigenvalue weighted by atomic mass is 35.7. The van der Waals surface area contributed by atoms with Crippen LogP contribution in [0.25, 0.3) is 0 Å². The van der Waals surface area contributed by atoms with E-state index in [0.717, 1.165) is 13.2 Å². The van der Waals surface area contributed by atoms with Crippen molar-refractivity contribution >= 4 is 18.9 Å². The summed E-state index contributed by atoms with van der Waals surface area (Å²) in [6.45, 7) is 8.21. The molecule has 0 aliphatic carbocycles. The molecule has 0 N–H and O–H groups in total. The van der Waals surface area contributed by atoms with E-state index in [0.29, 0.717) is 0 Å². The Kier molecular flexibility index (Phi) is 2.57. The second-order valence-electron chi connectivity index (χ2n) is 3.35. The average molecular weight is 182 g/mol. The van der Waals surface area contributed by atoms with Gasteiger partial charge in [-0.1, -0.05) is 0 Å². The second-order valence-corrected chi connectivity index (χ2v) is 5.41. The van der Waals surface area contributed by atoms with Crippen LogP contribution in [0.15, 0.2) is 0 Å². The lowest BCUT2D eigenvalue weighted by molar-refractivity contribution is 0.282. The van der Waals surface area contributed by atoms with E-state index in [1.54, 1.807) is 0 Å². The van der Waals surface area contributed by atoms with Crippen LogP contribution >= 0.6 is 18.9 Å². The fourth-order valence-electron chi connectivity index (χ4n) is 0.922. The molecule has 1 aliphatic rings. The monoisotopic (exact) mass is 181 g/mol. The summed E-state index contributed by atoms with van der Waals surface area (Å²) >= 11 is 5.93. The Labute approximate surface area is 68.2 Å². The van der Waals surface area contributed by atoms with E-state index in [9.17, 15) is 0 Å². The summed E-state index contributed by atoms with van der Waals surface area (Å²) in [6, 6.07) is 0. The molecule has 4 heteroatoms. The Hall–Kier alpha value is 0.640. The molecule has 1 atom stereocenters. The van der Waals surface area contributed by atoms with Crippen molar-refractivity contribution in [3.8, 4) is 0 Å². The molecule has 1 heterocycles. The van der Waals surface area contributed by atoms with Crippen LogP contribution in [0.1, 0.15) is 20.8 Å². The average Bonchev–Trinajstić information content (AvgIpc) is 2.11. The van der Waals surface area contributed by atoms with Gasteiger partial charge in [0.05, 0.1) is 6.61 Å². The quantitative estimate of drug-likeness (QED) is 0.533. The predicted molar refractivity (Wildman–Crippen MR) is 45.2 cm³/mol. The highest BCUT2D eigenvalue weighted by Crippen LogP contribution is 2.53. The zero-order valence-corrected chi connectivity index (χ0v) is 8.25. The van der Waals surface area contributed by atoms with Gasteiger partial charge in [-0.25, -0.2) is 4.67 Å². The molecule has 0 saturated carbocycles. The van der Waals surface area contributed by atoms with Gasteiger partial charge in [-0.2, -0.15) is 0 Å². The molecule has 0 aromatic rings. The van der Waals surface area contributed by atoms with Gasteiger partial charge in [0.1, 0.15) is 0 Å². The summed E-state index contributed by atoms with van der Waals surface area (Å²) in [6.07, 6.45) is 0. The molecule has 10 heavy (non-hydrogen) atoms. The molecule has 1 saturated heterocycles. The standard InChI is InChI=1S/C6H13ClNOP/c1-6(2,3)8-4-5-9-10(8)7/h4-5H2,1-3H3. The minimum Gasteiger partial charge on any atom is -0.330 e. The second kappa shape index (κ2) is 2.94. The van der Waals surface area contributed by atoms with Crippen molar-refractivity contribution in [1.29, 1.82) is 0 Å². The molecule has 1 fully saturated rings. The normalized spacial score (nSPS) is 29.4. The van der Waals surface area contributed by atoms with Gasteiger partial charge in [-0.3, -0.25) is 0 Å². The Morgan fingerprint density at radius 3 is 2.30 bits per heavy atom. The van der Waals surface area contributed by atoms with Gasteiger partial charge in [-0.05, 0) is 32.0 Å². The Morgan fingerprint density at radius 1 is 1.50 bits per heavy atom. The van der Waals surface area contributed by atoms with Crippen LogP contribution in [0.5, 0.6) is 0 Å². The molecular formula is C6H13ClNOP. The SMILES string of the molecule is CC(C)(C)N1CCOP1Cl. The summed E-state index contributed by atoms with van der Waals surface area (Å²) < 4.78 is 7.45. The van der Waals surface area contributed by atoms with Crippen molar-refractivity contribution in [3.05, 3.63) is 0 Å². The van der Waals surface area contributed by atoms with Crippen LogP contribution in [0, 0.1) is 0 Å². The zero-order valence-electron chi connectivity index (χ0n) is 6.59. The molecule has 1 unspecified atom stereocenters. The van der Waals surface area contributed by atoms with Crippen LogP contribution in [-0.2, 0) is 4.52 Å². The Bertz CT molecular complexity index is 125. The summed E-state index contributed by atoms with van der Waals surface area (Å²) in [5, 5.41) is 0. The van der Waals surface area contributed by atoms with E-state index in [-0.39, 0.29) is 5.54 Å². The number of hydrogen-bond donors (Lipinski definition) is 0. The van der Waals surface area contributed by atoms with E-state index < -0.39 is 7.65 Å². The molecule has 0 aromatic heterocycles. The van der Waals surface area contributed by atoms with Crippen LogP contribution in [-0.4, -0.2) is 23.4 Å². The predicted octanol–water partition coefficient (Wildman–Crippen LogP) is 2.58.